The Morgan fingerprint density at radius 3 is 2.86 bits per heavy atom. The van der Waals surface area contributed by atoms with Crippen molar-refractivity contribution in [3.8, 4) is 0 Å². The molecule has 2 bridgehead atoms. The maximum atomic E-state index is 12.5. The van der Waals surface area contributed by atoms with E-state index >= 15 is 0 Å². The second-order valence-corrected chi connectivity index (χ2v) is 6.19. The molecule has 3 aliphatic heterocycles. The Morgan fingerprint density at radius 1 is 1.36 bits per heavy atom. The zero-order valence-corrected chi connectivity index (χ0v) is 12.6. The fourth-order valence-electron chi connectivity index (χ4n) is 3.55. The average molecular weight is 300 g/mol. The van der Waals surface area contributed by atoms with Crippen molar-refractivity contribution in [3.63, 3.8) is 0 Å². The van der Waals surface area contributed by atoms with Gasteiger partial charge < -0.3 is 20.0 Å². The van der Waals surface area contributed by atoms with Crippen LogP contribution in [0.3, 0.4) is 0 Å². The van der Waals surface area contributed by atoms with Crippen LogP contribution in [-0.4, -0.2) is 48.5 Å². The lowest BCUT2D eigenvalue weighted by molar-refractivity contribution is 0.0618. The minimum absolute atomic E-state index is 0.108. The summed E-state index contributed by atoms with van der Waals surface area (Å²) in [5, 5.41) is 6.99. The number of amides is 1. The maximum Gasteiger partial charge on any atom is 0.270 e. The summed E-state index contributed by atoms with van der Waals surface area (Å²) >= 11 is 0. The van der Waals surface area contributed by atoms with Crippen molar-refractivity contribution in [2.45, 2.75) is 18.9 Å². The first kappa shape index (κ1) is 13.6. The SMILES string of the molecule is CNc1cc2cnc(C(=O)N[C@H]3CN4CCC3CC4)cc2o1. The van der Waals surface area contributed by atoms with Crippen LogP contribution in [0, 0.1) is 5.92 Å². The van der Waals surface area contributed by atoms with Crippen molar-refractivity contribution in [2.75, 3.05) is 32.0 Å². The lowest BCUT2D eigenvalue weighted by atomic mass is 9.84. The first-order chi connectivity index (χ1) is 10.7. The summed E-state index contributed by atoms with van der Waals surface area (Å²) in [6.45, 7) is 3.30. The largest absolute Gasteiger partial charge is 0.441 e. The molecule has 3 aliphatic rings. The summed E-state index contributed by atoms with van der Waals surface area (Å²) < 4.78 is 5.61. The van der Waals surface area contributed by atoms with E-state index in [-0.39, 0.29) is 11.9 Å². The third-order valence-corrected chi connectivity index (χ3v) is 4.85. The summed E-state index contributed by atoms with van der Waals surface area (Å²) in [7, 11) is 1.80. The van der Waals surface area contributed by atoms with E-state index in [1.165, 1.54) is 25.9 Å². The predicted molar refractivity (Wildman–Crippen MR) is 84.0 cm³/mol. The molecule has 0 spiro atoms. The normalized spacial score (nSPS) is 27.0. The molecule has 6 nitrogen and oxygen atoms in total. The first-order valence-electron chi connectivity index (χ1n) is 7.83. The van der Waals surface area contributed by atoms with Gasteiger partial charge in [-0.25, -0.2) is 0 Å². The van der Waals surface area contributed by atoms with Gasteiger partial charge in [0.05, 0.1) is 0 Å². The number of nitrogens with zero attached hydrogens (tertiary/aromatic N) is 2. The quantitative estimate of drug-likeness (QED) is 0.903. The number of hydrogen-bond donors (Lipinski definition) is 2. The maximum absolute atomic E-state index is 12.5. The van der Waals surface area contributed by atoms with Crippen molar-refractivity contribution >= 4 is 22.8 Å². The number of furan rings is 1. The molecule has 2 aromatic heterocycles. The predicted octanol–water partition coefficient (Wildman–Crippen LogP) is 1.69. The third-order valence-electron chi connectivity index (χ3n) is 4.85. The highest BCUT2D eigenvalue weighted by Gasteiger charge is 2.35. The zero-order chi connectivity index (χ0) is 15.1. The second-order valence-electron chi connectivity index (χ2n) is 6.19. The molecule has 0 aliphatic carbocycles. The Morgan fingerprint density at radius 2 is 2.18 bits per heavy atom. The number of pyridine rings is 1. The van der Waals surface area contributed by atoms with Gasteiger partial charge in [0.25, 0.3) is 5.91 Å². The first-order valence-corrected chi connectivity index (χ1v) is 7.83. The standard InChI is InChI=1S/C16H20N4O2/c1-17-15-6-11-8-18-12(7-14(11)22-15)16(21)19-13-9-20-4-2-10(13)3-5-20/h6-8,10,13,17H,2-5,9H2,1H3,(H,19,21)/t13-/m0/s1. The molecule has 0 unspecified atom stereocenters. The van der Waals surface area contributed by atoms with E-state index in [4.69, 9.17) is 4.42 Å². The summed E-state index contributed by atoms with van der Waals surface area (Å²) in [4.78, 5) is 19.2. The number of carbonyl (C=O) groups excluding carboxylic acids is 1. The fraction of sp³-hybridized carbons (Fsp3) is 0.500. The van der Waals surface area contributed by atoms with Gasteiger partial charge in [0.15, 0.2) is 5.88 Å². The van der Waals surface area contributed by atoms with Crippen LogP contribution in [0.4, 0.5) is 5.88 Å². The van der Waals surface area contributed by atoms with E-state index < -0.39 is 0 Å². The molecule has 5 rings (SSSR count). The molecule has 1 amide bonds. The summed E-state index contributed by atoms with van der Waals surface area (Å²) in [6, 6.07) is 3.83. The van der Waals surface area contributed by atoms with Gasteiger partial charge in [-0.05, 0) is 31.8 Å². The minimum atomic E-state index is -0.108. The molecule has 3 saturated heterocycles. The molecule has 0 saturated carbocycles. The number of aromatic nitrogens is 1. The monoisotopic (exact) mass is 300 g/mol. The van der Waals surface area contributed by atoms with Crippen molar-refractivity contribution in [1.29, 1.82) is 0 Å². The number of fused-ring (bicyclic) bond motifs is 4. The zero-order valence-electron chi connectivity index (χ0n) is 12.6. The Hall–Kier alpha value is -2.08. The number of hydrogen-bond acceptors (Lipinski definition) is 5. The highest BCUT2D eigenvalue weighted by molar-refractivity contribution is 5.95. The van der Waals surface area contributed by atoms with Crippen LogP contribution < -0.4 is 10.6 Å². The summed E-state index contributed by atoms with van der Waals surface area (Å²) in [6.07, 6.45) is 4.05. The minimum Gasteiger partial charge on any atom is -0.441 e. The van der Waals surface area contributed by atoms with Crippen LogP contribution in [0.2, 0.25) is 0 Å². The van der Waals surface area contributed by atoms with Gasteiger partial charge in [-0.3, -0.25) is 9.78 Å². The number of rotatable bonds is 3. The summed E-state index contributed by atoms with van der Waals surface area (Å²) in [5.74, 6) is 1.17. The Kier molecular flexibility index (Phi) is 3.26. The lowest BCUT2D eigenvalue weighted by Crippen LogP contribution is -2.57. The van der Waals surface area contributed by atoms with E-state index in [0.717, 1.165) is 11.9 Å². The van der Waals surface area contributed by atoms with Gasteiger partial charge in [0, 0.05) is 43.4 Å². The second kappa shape index (κ2) is 5.28. The lowest BCUT2D eigenvalue weighted by Gasteiger charge is -2.44. The molecule has 2 N–H and O–H groups in total. The van der Waals surface area contributed by atoms with Gasteiger partial charge in [-0.15, -0.1) is 0 Å². The van der Waals surface area contributed by atoms with E-state index in [0.29, 0.717) is 23.1 Å². The molecule has 1 atom stereocenters. The Balaban J connectivity index is 1.52. The van der Waals surface area contributed by atoms with E-state index in [2.05, 4.69) is 20.5 Å². The van der Waals surface area contributed by atoms with Crippen LogP contribution in [0.1, 0.15) is 23.3 Å². The smallest absolute Gasteiger partial charge is 0.270 e. The molecule has 5 heterocycles. The molecule has 0 radical (unpaired) electrons. The van der Waals surface area contributed by atoms with Crippen LogP contribution in [-0.2, 0) is 0 Å². The molecular weight excluding hydrogens is 280 g/mol. The number of anilines is 1. The number of carbonyl (C=O) groups is 1. The van der Waals surface area contributed by atoms with Gasteiger partial charge in [-0.1, -0.05) is 0 Å². The van der Waals surface area contributed by atoms with Crippen molar-refractivity contribution < 1.29 is 9.21 Å². The molecule has 116 valence electrons. The fourth-order valence-corrected chi connectivity index (χ4v) is 3.55. The van der Waals surface area contributed by atoms with Crippen molar-refractivity contribution in [3.05, 3.63) is 24.0 Å². The highest BCUT2D eigenvalue weighted by Crippen LogP contribution is 2.28. The van der Waals surface area contributed by atoms with E-state index in [1.807, 2.05) is 6.07 Å². The average Bonchev–Trinajstić information content (AvgIpc) is 2.98. The van der Waals surface area contributed by atoms with Crippen LogP contribution in [0.5, 0.6) is 0 Å². The van der Waals surface area contributed by atoms with Gasteiger partial charge >= 0.3 is 0 Å². The highest BCUT2D eigenvalue weighted by atomic mass is 16.3. The molecule has 0 aromatic carbocycles. The van der Waals surface area contributed by atoms with Crippen LogP contribution in [0.25, 0.3) is 11.0 Å². The third kappa shape index (κ3) is 2.33. The molecule has 3 fully saturated rings. The Labute approximate surface area is 128 Å². The molecule has 2 aromatic rings. The topological polar surface area (TPSA) is 70.4 Å². The van der Waals surface area contributed by atoms with Gasteiger partial charge in [0.1, 0.15) is 11.3 Å². The van der Waals surface area contributed by atoms with Gasteiger partial charge in [0.2, 0.25) is 0 Å². The molecule has 6 heteroatoms. The number of nitrogens with one attached hydrogen (secondary N) is 2. The van der Waals surface area contributed by atoms with Crippen molar-refractivity contribution in [2.24, 2.45) is 5.92 Å². The van der Waals surface area contributed by atoms with E-state index in [9.17, 15) is 4.79 Å². The van der Waals surface area contributed by atoms with Crippen molar-refractivity contribution in [1.82, 2.24) is 15.2 Å². The Bertz CT molecular complexity index is 703. The van der Waals surface area contributed by atoms with Crippen LogP contribution >= 0.6 is 0 Å². The molecule has 22 heavy (non-hydrogen) atoms. The van der Waals surface area contributed by atoms with Crippen LogP contribution in [0.15, 0.2) is 22.7 Å². The summed E-state index contributed by atoms with van der Waals surface area (Å²) in [5.41, 5.74) is 1.10. The molecular formula is C16H20N4O2. The van der Waals surface area contributed by atoms with Gasteiger partial charge in [-0.2, -0.15) is 0 Å². The number of piperidine rings is 3. The van der Waals surface area contributed by atoms with E-state index in [1.54, 1.807) is 19.3 Å².